The van der Waals surface area contributed by atoms with Gasteiger partial charge in [0.25, 0.3) is 0 Å². The summed E-state index contributed by atoms with van der Waals surface area (Å²) in [6, 6.07) is 2.57. The first-order valence-electron chi connectivity index (χ1n) is 7.73. The number of hydrogen-bond acceptors (Lipinski definition) is 4. The zero-order chi connectivity index (χ0) is 18.7. The van der Waals surface area contributed by atoms with Gasteiger partial charge in [-0.3, -0.25) is 0 Å². The predicted octanol–water partition coefficient (Wildman–Crippen LogP) is 4.05. The molecular weight excluding hydrogens is 456 g/mol. The number of urea groups is 1. The van der Waals surface area contributed by atoms with Gasteiger partial charge in [-0.05, 0) is 40.9 Å². The normalized spacial score (nSPS) is 17.2. The minimum Gasteiger partial charge on any atom is -0.495 e. The van der Waals surface area contributed by atoms with Gasteiger partial charge in [-0.25, -0.2) is 9.59 Å². The fourth-order valence-corrected chi connectivity index (χ4v) is 3.95. The van der Waals surface area contributed by atoms with Crippen molar-refractivity contribution in [3.05, 3.63) is 37.9 Å². The quantitative estimate of drug-likeness (QED) is 0.630. The zero-order valence-corrected chi connectivity index (χ0v) is 17.6. The Morgan fingerprint density at radius 3 is 2.60 bits per heavy atom. The number of allylic oxidation sites excluding steroid dienone is 1. The molecule has 0 aliphatic carbocycles. The summed E-state index contributed by atoms with van der Waals surface area (Å²) < 4.78 is 12.3. The van der Waals surface area contributed by atoms with Crippen LogP contribution in [0.1, 0.15) is 32.4 Å². The lowest BCUT2D eigenvalue weighted by Crippen LogP contribution is -2.45. The Hall–Kier alpha value is -1.54. The number of carbonyl (C=O) groups is 2. The van der Waals surface area contributed by atoms with Crippen LogP contribution in [0.25, 0.3) is 0 Å². The van der Waals surface area contributed by atoms with Gasteiger partial charge in [0.05, 0.1) is 29.8 Å². The Morgan fingerprint density at radius 2 is 2.00 bits per heavy atom. The van der Waals surface area contributed by atoms with Crippen LogP contribution >= 0.6 is 31.9 Å². The first-order valence-corrected chi connectivity index (χ1v) is 9.31. The molecule has 2 rings (SSSR count). The Balaban J connectivity index is 2.51. The molecule has 0 fully saturated rings. The number of amides is 2. The summed E-state index contributed by atoms with van der Waals surface area (Å²) in [6.07, 6.45) is 0. The van der Waals surface area contributed by atoms with Gasteiger partial charge < -0.3 is 20.1 Å². The summed E-state index contributed by atoms with van der Waals surface area (Å²) in [5, 5.41) is 5.41. The average Bonchev–Trinajstić information content (AvgIpc) is 2.51. The van der Waals surface area contributed by atoms with Crippen LogP contribution in [-0.4, -0.2) is 25.7 Å². The minimum absolute atomic E-state index is 0.212. The van der Waals surface area contributed by atoms with E-state index in [-0.39, 0.29) is 11.9 Å². The lowest BCUT2D eigenvalue weighted by atomic mass is 9.95. The number of halogens is 2. The maximum Gasteiger partial charge on any atom is 0.338 e. The Labute approximate surface area is 163 Å². The standard InChI is InChI=1S/C17H20Br2N2O4/c1-8(2)7-25-16(22)13-9(3)20-17(23)21-14(13)11-5-10(18)6-12(19)15(11)24-4/h5-6,8,14H,7H2,1-4H3,(H2,20,21,23). The molecule has 2 N–H and O–H groups in total. The van der Waals surface area contributed by atoms with Crippen molar-refractivity contribution in [3.63, 3.8) is 0 Å². The minimum atomic E-state index is -0.683. The number of rotatable bonds is 5. The molecule has 6 nitrogen and oxygen atoms in total. The molecular formula is C17H20Br2N2O4. The first kappa shape index (κ1) is 19.8. The number of esters is 1. The first-order chi connectivity index (χ1) is 11.7. The van der Waals surface area contributed by atoms with Crippen LogP contribution in [0, 0.1) is 5.92 Å². The van der Waals surface area contributed by atoms with Crippen LogP contribution < -0.4 is 15.4 Å². The van der Waals surface area contributed by atoms with Gasteiger partial charge in [-0.15, -0.1) is 0 Å². The maximum absolute atomic E-state index is 12.6. The third-order valence-electron chi connectivity index (χ3n) is 3.59. The van der Waals surface area contributed by atoms with Crippen LogP contribution in [0.15, 0.2) is 32.3 Å². The Kier molecular flexibility index (Phi) is 6.51. The van der Waals surface area contributed by atoms with Crippen molar-refractivity contribution in [2.75, 3.05) is 13.7 Å². The molecule has 25 heavy (non-hydrogen) atoms. The number of methoxy groups -OCH3 is 1. The summed E-state index contributed by atoms with van der Waals surface area (Å²) in [5.41, 5.74) is 1.46. The average molecular weight is 476 g/mol. The van der Waals surface area contributed by atoms with E-state index in [1.54, 1.807) is 6.92 Å². The molecule has 1 aliphatic heterocycles. The second-order valence-electron chi connectivity index (χ2n) is 6.07. The molecule has 2 amide bonds. The second-order valence-corrected chi connectivity index (χ2v) is 7.84. The molecule has 0 saturated carbocycles. The van der Waals surface area contributed by atoms with Gasteiger partial charge in [-0.1, -0.05) is 29.8 Å². The SMILES string of the molecule is COc1c(Br)cc(Br)cc1C1NC(=O)NC(C)=C1C(=O)OCC(C)C. The van der Waals surface area contributed by atoms with E-state index in [2.05, 4.69) is 42.5 Å². The van der Waals surface area contributed by atoms with Crippen molar-refractivity contribution < 1.29 is 19.1 Å². The van der Waals surface area contributed by atoms with E-state index in [0.29, 0.717) is 33.7 Å². The lowest BCUT2D eigenvalue weighted by Gasteiger charge is -2.29. The highest BCUT2D eigenvalue weighted by molar-refractivity contribution is 9.11. The monoisotopic (exact) mass is 474 g/mol. The van der Waals surface area contributed by atoms with Crippen LogP contribution in [0.2, 0.25) is 0 Å². The van der Waals surface area contributed by atoms with Crippen LogP contribution in [-0.2, 0) is 9.53 Å². The number of ether oxygens (including phenoxy) is 2. The van der Waals surface area contributed by atoms with Crippen molar-refractivity contribution in [2.45, 2.75) is 26.8 Å². The molecule has 1 aromatic carbocycles. The van der Waals surface area contributed by atoms with E-state index >= 15 is 0 Å². The van der Waals surface area contributed by atoms with E-state index in [9.17, 15) is 9.59 Å². The number of benzene rings is 1. The molecule has 1 aliphatic rings. The number of hydrogen-bond donors (Lipinski definition) is 2. The lowest BCUT2D eigenvalue weighted by molar-refractivity contribution is -0.140. The van der Waals surface area contributed by atoms with E-state index in [0.717, 1.165) is 4.47 Å². The fourth-order valence-electron chi connectivity index (χ4n) is 2.53. The van der Waals surface area contributed by atoms with E-state index in [4.69, 9.17) is 9.47 Å². The summed E-state index contributed by atoms with van der Waals surface area (Å²) in [6.45, 7) is 5.90. The van der Waals surface area contributed by atoms with E-state index < -0.39 is 12.0 Å². The maximum atomic E-state index is 12.6. The van der Waals surface area contributed by atoms with Gasteiger partial charge in [0, 0.05) is 15.7 Å². The highest BCUT2D eigenvalue weighted by Gasteiger charge is 2.34. The fraction of sp³-hybridized carbons (Fsp3) is 0.412. The summed E-state index contributed by atoms with van der Waals surface area (Å²) >= 11 is 6.88. The van der Waals surface area contributed by atoms with Crippen molar-refractivity contribution in [1.29, 1.82) is 0 Å². The van der Waals surface area contributed by atoms with Gasteiger partial charge in [0.15, 0.2) is 0 Å². The molecule has 0 aromatic heterocycles. The number of carbonyl (C=O) groups excluding carboxylic acids is 2. The van der Waals surface area contributed by atoms with Crippen LogP contribution in [0.3, 0.4) is 0 Å². The van der Waals surface area contributed by atoms with Crippen molar-refractivity contribution in [1.82, 2.24) is 10.6 Å². The summed E-state index contributed by atoms with van der Waals surface area (Å²) in [5.74, 6) is 0.281. The van der Waals surface area contributed by atoms with Crippen molar-refractivity contribution in [2.24, 2.45) is 5.92 Å². The molecule has 1 heterocycles. The Morgan fingerprint density at radius 1 is 1.32 bits per heavy atom. The molecule has 1 aromatic rings. The topological polar surface area (TPSA) is 76.7 Å². The van der Waals surface area contributed by atoms with Gasteiger partial charge in [0.2, 0.25) is 0 Å². The van der Waals surface area contributed by atoms with Crippen LogP contribution in [0.4, 0.5) is 4.79 Å². The molecule has 136 valence electrons. The zero-order valence-electron chi connectivity index (χ0n) is 14.4. The predicted molar refractivity (Wildman–Crippen MR) is 101 cm³/mol. The highest BCUT2D eigenvalue weighted by Crippen LogP contribution is 2.40. The third-order valence-corrected chi connectivity index (χ3v) is 4.64. The number of nitrogens with one attached hydrogen (secondary N) is 2. The van der Waals surface area contributed by atoms with E-state index in [1.807, 2.05) is 26.0 Å². The van der Waals surface area contributed by atoms with E-state index in [1.165, 1.54) is 7.11 Å². The third kappa shape index (κ3) is 4.55. The summed E-state index contributed by atoms with van der Waals surface area (Å²) in [4.78, 5) is 24.6. The molecule has 0 bridgehead atoms. The van der Waals surface area contributed by atoms with Crippen molar-refractivity contribution >= 4 is 43.9 Å². The van der Waals surface area contributed by atoms with Gasteiger partial charge in [0.1, 0.15) is 5.75 Å². The molecule has 0 spiro atoms. The van der Waals surface area contributed by atoms with Crippen molar-refractivity contribution in [3.8, 4) is 5.75 Å². The molecule has 1 atom stereocenters. The highest BCUT2D eigenvalue weighted by atomic mass is 79.9. The van der Waals surface area contributed by atoms with Gasteiger partial charge in [-0.2, -0.15) is 0 Å². The summed E-state index contributed by atoms with van der Waals surface area (Å²) in [7, 11) is 1.54. The van der Waals surface area contributed by atoms with Crippen LogP contribution in [0.5, 0.6) is 5.75 Å². The molecule has 0 saturated heterocycles. The largest absolute Gasteiger partial charge is 0.495 e. The van der Waals surface area contributed by atoms with Gasteiger partial charge >= 0.3 is 12.0 Å². The molecule has 1 unspecified atom stereocenters. The Bertz CT molecular complexity index is 732. The molecule has 8 heteroatoms. The smallest absolute Gasteiger partial charge is 0.338 e. The second kappa shape index (κ2) is 8.23. The molecule has 0 radical (unpaired) electrons.